The van der Waals surface area contributed by atoms with E-state index in [2.05, 4.69) is 10.5 Å². The van der Waals surface area contributed by atoms with Gasteiger partial charge >= 0.3 is 0 Å². The molecule has 0 saturated heterocycles. The van der Waals surface area contributed by atoms with Crippen LogP contribution in [0.3, 0.4) is 0 Å². The van der Waals surface area contributed by atoms with Gasteiger partial charge in [-0.2, -0.15) is 5.10 Å². The van der Waals surface area contributed by atoms with Crippen LogP contribution in [0.15, 0.2) is 51.5 Å². The van der Waals surface area contributed by atoms with Crippen LogP contribution in [0, 0.1) is 6.92 Å². The van der Waals surface area contributed by atoms with Crippen LogP contribution in [0.25, 0.3) is 15.9 Å². The van der Waals surface area contributed by atoms with Crippen molar-refractivity contribution >= 4 is 56.8 Å². The van der Waals surface area contributed by atoms with E-state index in [1.54, 1.807) is 33.5 Å². The van der Waals surface area contributed by atoms with Crippen LogP contribution >= 0.6 is 34.4 Å². The summed E-state index contributed by atoms with van der Waals surface area (Å²) in [7, 11) is 0. The minimum Gasteiger partial charge on any atom is -0.494 e. The van der Waals surface area contributed by atoms with Crippen LogP contribution in [-0.4, -0.2) is 34.0 Å². The van der Waals surface area contributed by atoms with Gasteiger partial charge in [-0.15, -0.1) is 22.7 Å². The molecule has 0 unspecified atom stereocenters. The van der Waals surface area contributed by atoms with Gasteiger partial charge in [0.15, 0.2) is 5.16 Å². The molecule has 180 valence electrons. The molecule has 7 nitrogen and oxygen atoms in total. The molecule has 0 spiro atoms. The lowest BCUT2D eigenvalue weighted by Gasteiger charge is -2.13. The number of ether oxygens (including phenoxy) is 1. The third-order valence-corrected chi connectivity index (χ3v) is 8.65. The number of carbonyl (C=O) groups is 1. The summed E-state index contributed by atoms with van der Waals surface area (Å²) in [4.78, 5) is 35.2. The molecule has 1 aliphatic carbocycles. The molecule has 1 aliphatic rings. The number of amides is 1. The van der Waals surface area contributed by atoms with Crippen LogP contribution in [0.2, 0.25) is 0 Å². The van der Waals surface area contributed by atoms with Gasteiger partial charge in [-0.1, -0.05) is 11.8 Å². The molecule has 3 heterocycles. The summed E-state index contributed by atoms with van der Waals surface area (Å²) in [6.45, 7) is 4.52. The Kier molecular flexibility index (Phi) is 7.03. The van der Waals surface area contributed by atoms with E-state index in [0.717, 1.165) is 40.3 Å². The molecule has 1 N–H and O–H groups in total. The number of nitrogens with one attached hydrogen (secondary N) is 1. The third-order valence-electron chi connectivity index (χ3n) is 5.59. The maximum Gasteiger partial charge on any atom is 0.267 e. The van der Waals surface area contributed by atoms with E-state index in [0.29, 0.717) is 22.8 Å². The van der Waals surface area contributed by atoms with Gasteiger partial charge in [0.25, 0.3) is 11.5 Å². The number of thiophene rings is 2. The smallest absolute Gasteiger partial charge is 0.267 e. The Morgan fingerprint density at radius 3 is 2.80 bits per heavy atom. The fourth-order valence-corrected chi connectivity index (χ4v) is 6.92. The molecule has 3 aromatic heterocycles. The van der Waals surface area contributed by atoms with E-state index in [4.69, 9.17) is 9.72 Å². The van der Waals surface area contributed by atoms with Crippen molar-refractivity contribution in [1.82, 2.24) is 15.0 Å². The van der Waals surface area contributed by atoms with E-state index in [9.17, 15) is 9.59 Å². The molecule has 0 bridgehead atoms. The molecule has 5 rings (SSSR count). The minimum absolute atomic E-state index is 0.0842. The highest BCUT2D eigenvalue weighted by Crippen LogP contribution is 2.36. The standard InChI is InChI=1S/C25H24N4O3S3/c1-3-32-17-10-8-16(9-11-17)29-24(31)22-19-5-4-6-20(19)35-23(22)27-25(29)33-14-21(30)28-26-13-18-12-7-15(2)34-18/h7-13H,3-6,14H2,1-2H3,(H,28,30). The summed E-state index contributed by atoms with van der Waals surface area (Å²) in [6.07, 6.45) is 4.60. The zero-order valence-electron chi connectivity index (χ0n) is 19.4. The van der Waals surface area contributed by atoms with Crippen LogP contribution < -0.4 is 15.7 Å². The molecule has 1 aromatic carbocycles. The molecule has 10 heteroatoms. The van der Waals surface area contributed by atoms with E-state index >= 15 is 0 Å². The molecule has 0 radical (unpaired) electrons. The fraction of sp³-hybridized carbons (Fsp3) is 0.280. The Morgan fingerprint density at radius 1 is 1.23 bits per heavy atom. The molecule has 0 aliphatic heterocycles. The average molecular weight is 525 g/mol. The second kappa shape index (κ2) is 10.3. The van der Waals surface area contributed by atoms with Crippen LogP contribution in [-0.2, 0) is 17.6 Å². The van der Waals surface area contributed by atoms with Crippen molar-refractivity contribution in [3.63, 3.8) is 0 Å². The first-order valence-electron chi connectivity index (χ1n) is 11.3. The van der Waals surface area contributed by atoms with Gasteiger partial charge in [0, 0.05) is 14.6 Å². The number of carbonyl (C=O) groups excluding carboxylic acids is 1. The highest BCUT2D eigenvalue weighted by Gasteiger charge is 2.24. The zero-order valence-corrected chi connectivity index (χ0v) is 21.8. The highest BCUT2D eigenvalue weighted by atomic mass is 32.2. The van der Waals surface area contributed by atoms with Crippen molar-refractivity contribution in [2.75, 3.05) is 12.4 Å². The predicted octanol–water partition coefficient (Wildman–Crippen LogP) is 4.95. The zero-order chi connectivity index (χ0) is 24.4. The van der Waals surface area contributed by atoms with Crippen molar-refractivity contribution in [3.8, 4) is 11.4 Å². The summed E-state index contributed by atoms with van der Waals surface area (Å²) in [5.74, 6) is 0.559. The number of thioether (sulfide) groups is 1. The number of hydrogen-bond acceptors (Lipinski definition) is 8. The maximum atomic E-state index is 13.7. The quantitative estimate of drug-likeness (QED) is 0.153. The van der Waals surface area contributed by atoms with Gasteiger partial charge in [-0.05, 0) is 75.1 Å². The second-order valence-electron chi connectivity index (χ2n) is 8.03. The lowest BCUT2D eigenvalue weighted by atomic mass is 10.2. The first-order valence-corrected chi connectivity index (χ1v) is 14.0. The number of benzene rings is 1. The normalized spacial score (nSPS) is 13.0. The molecule has 0 saturated carbocycles. The van der Waals surface area contributed by atoms with Crippen molar-refractivity contribution in [3.05, 3.63) is 66.9 Å². The molecule has 0 fully saturated rings. The number of aromatic nitrogens is 2. The van der Waals surface area contributed by atoms with E-state index in [-0.39, 0.29) is 17.2 Å². The van der Waals surface area contributed by atoms with Gasteiger partial charge in [0.1, 0.15) is 10.6 Å². The van der Waals surface area contributed by atoms with Gasteiger partial charge in [0.2, 0.25) is 0 Å². The average Bonchev–Trinajstić information content (AvgIpc) is 3.55. The van der Waals surface area contributed by atoms with Gasteiger partial charge in [0.05, 0.1) is 29.6 Å². The Hall–Kier alpha value is -2.95. The Balaban J connectivity index is 1.43. The Morgan fingerprint density at radius 2 is 2.06 bits per heavy atom. The number of hydrazone groups is 1. The SMILES string of the molecule is CCOc1ccc(-n2c(SCC(=O)NN=Cc3ccc(C)s3)nc3sc4c(c3c2=O)CCC4)cc1. The number of fused-ring (bicyclic) bond motifs is 3. The Labute approximate surface area is 214 Å². The van der Waals surface area contributed by atoms with Crippen molar-refractivity contribution in [1.29, 1.82) is 0 Å². The predicted molar refractivity (Wildman–Crippen MR) is 144 cm³/mol. The van der Waals surface area contributed by atoms with Crippen LogP contribution in [0.1, 0.15) is 33.5 Å². The molecule has 1 amide bonds. The summed E-state index contributed by atoms with van der Waals surface area (Å²) in [5, 5.41) is 5.24. The molecular weight excluding hydrogens is 501 g/mol. The van der Waals surface area contributed by atoms with E-state index in [1.165, 1.54) is 21.5 Å². The van der Waals surface area contributed by atoms with Crippen molar-refractivity contribution < 1.29 is 9.53 Å². The van der Waals surface area contributed by atoms with Crippen molar-refractivity contribution in [2.45, 2.75) is 38.3 Å². The summed E-state index contributed by atoms with van der Waals surface area (Å²) in [5.41, 5.74) is 4.30. The maximum absolute atomic E-state index is 13.7. The first kappa shape index (κ1) is 23.8. The van der Waals surface area contributed by atoms with Gasteiger partial charge < -0.3 is 4.74 Å². The number of nitrogens with zero attached hydrogens (tertiary/aromatic N) is 3. The lowest BCUT2D eigenvalue weighted by molar-refractivity contribution is -0.118. The largest absolute Gasteiger partial charge is 0.494 e. The number of aryl methyl sites for hydroxylation is 3. The van der Waals surface area contributed by atoms with Crippen LogP contribution in [0.4, 0.5) is 0 Å². The molecule has 4 aromatic rings. The second-order valence-corrected chi connectivity index (χ2v) is 11.4. The van der Waals surface area contributed by atoms with Crippen LogP contribution in [0.5, 0.6) is 5.75 Å². The fourth-order valence-electron chi connectivity index (χ4n) is 4.06. The summed E-state index contributed by atoms with van der Waals surface area (Å²) in [6, 6.07) is 11.4. The monoisotopic (exact) mass is 524 g/mol. The minimum atomic E-state index is -0.263. The van der Waals surface area contributed by atoms with Gasteiger partial charge in [-0.25, -0.2) is 10.4 Å². The third kappa shape index (κ3) is 5.05. The number of rotatable bonds is 8. The topological polar surface area (TPSA) is 85.6 Å². The first-order chi connectivity index (χ1) is 17.0. The van der Waals surface area contributed by atoms with Crippen molar-refractivity contribution in [2.24, 2.45) is 5.10 Å². The molecular formula is C25H24N4O3S3. The highest BCUT2D eigenvalue weighted by molar-refractivity contribution is 7.99. The molecule has 35 heavy (non-hydrogen) atoms. The van der Waals surface area contributed by atoms with Gasteiger partial charge in [-0.3, -0.25) is 14.2 Å². The number of hydrogen-bond donors (Lipinski definition) is 1. The molecule has 0 atom stereocenters. The summed E-state index contributed by atoms with van der Waals surface area (Å²) >= 11 is 4.43. The summed E-state index contributed by atoms with van der Waals surface area (Å²) < 4.78 is 7.16. The van der Waals surface area contributed by atoms with E-state index in [1.807, 2.05) is 50.2 Å². The van der Waals surface area contributed by atoms with E-state index < -0.39 is 0 Å². The Bertz CT molecular complexity index is 1470. The lowest BCUT2D eigenvalue weighted by Crippen LogP contribution is -2.24.